The molecule has 0 spiro atoms. The van der Waals surface area contributed by atoms with Gasteiger partial charge in [0, 0.05) is 41.4 Å². The summed E-state index contributed by atoms with van der Waals surface area (Å²) in [4.78, 5) is 21.2. The van der Waals surface area contributed by atoms with E-state index in [1.807, 2.05) is 0 Å². The van der Waals surface area contributed by atoms with Crippen molar-refractivity contribution in [2.45, 2.75) is 30.2 Å². The third-order valence-electron chi connectivity index (χ3n) is 5.62. The minimum Gasteiger partial charge on any atom is -0.351 e. The van der Waals surface area contributed by atoms with Crippen LogP contribution in [-0.4, -0.2) is 61.1 Å². The second kappa shape index (κ2) is 9.41. The zero-order chi connectivity index (χ0) is 25.5. The van der Waals surface area contributed by atoms with Crippen LogP contribution >= 0.6 is 10.7 Å². The molecular formula is C20H20ClF2N5O5S2. The van der Waals surface area contributed by atoms with Gasteiger partial charge in [-0.3, -0.25) is 9.36 Å². The van der Waals surface area contributed by atoms with Crippen molar-refractivity contribution in [2.75, 3.05) is 24.7 Å². The number of aromatic nitrogens is 3. The molecule has 0 aliphatic carbocycles. The Morgan fingerprint density at radius 2 is 1.83 bits per heavy atom. The van der Waals surface area contributed by atoms with E-state index in [9.17, 15) is 30.4 Å². The number of benzene rings is 1. The predicted molar refractivity (Wildman–Crippen MR) is 126 cm³/mol. The summed E-state index contributed by atoms with van der Waals surface area (Å²) in [6.45, 7) is 0.623. The van der Waals surface area contributed by atoms with Crippen molar-refractivity contribution in [3.63, 3.8) is 0 Å². The monoisotopic (exact) mass is 547 g/mol. The number of alkyl halides is 2. The van der Waals surface area contributed by atoms with E-state index in [2.05, 4.69) is 15.3 Å². The Balaban J connectivity index is 1.78. The van der Waals surface area contributed by atoms with Crippen LogP contribution in [0.2, 0.25) is 0 Å². The van der Waals surface area contributed by atoms with Crippen LogP contribution in [-0.2, 0) is 19.1 Å². The Bertz CT molecular complexity index is 1560. The molecule has 4 rings (SSSR count). The SMILES string of the molecule is CS(=O)(=O)N1CCC(Nc2ncc3cc(C(F)F)c(=O)n(-c4cccc(S(=O)(=O)Cl)c4)c3n2)CC1. The summed E-state index contributed by atoms with van der Waals surface area (Å²) in [7, 11) is -2.03. The van der Waals surface area contributed by atoms with E-state index < -0.39 is 36.6 Å². The van der Waals surface area contributed by atoms with Crippen LogP contribution < -0.4 is 10.9 Å². The molecule has 3 heterocycles. The standard InChI is InChI=1S/C20H20ClF2N5O5S2/c1-34(30,31)27-7-5-13(6-8-27)25-20-24-11-12-9-16(17(22)23)19(29)28(18(12)26-20)14-3-2-4-15(10-14)35(21,32)33/h2-4,9-11,13,17H,5-8H2,1H3,(H,24,25,26). The molecule has 1 aromatic carbocycles. The zero-order valence-electron chi connectivity index (χ0n) is 18.2. The molecule has 1 fully saturated rings. The smallest absolute Gasteiger partial charge is 0.269 e. The summed E-state index contributed by atoms with van der Waals surface area (Å²) in [6.07, 6.45) is 0.309. The lowest BCUT2D eigenvalue weighted by atomic mass is 10.1. The van der Waals surface area contributed by atoms with Crippen LogP contribution in [0.25, 0.3) is 16.7 Å². The lowest BCUT2D eigenvalue weighted by Gasteiger charge is -2.30. The summed E-state index contributed by atoms with van der Waals surface area (Å²) in [6, 6.07) is 5.84. The maximum Gasteiger partial charge on any atom is 0.269 e. The quantitative estimate of drug-likeness (QED) is 0.466. The topological polar surface area (TPSA) is 131 Å². The number of pyridine rings is 1. The van der Waals surface area contributed by atoms with Crippen LogP contribution in [0.15, 0.2) is 46.2 Å². The molecular weight excluding hydrogens is 528 g/mol. The fourth-order valence-electron chi connectivity index (χ4n) is 3.87. The van der Waals surface area contributed by atoms with E-state index in [0.717, 1.165) is 23.0 Å². The average Bonchev–Trinajstić information content (AvgIpc) is 2.78. The van der Waals surface area contributed by atoms with Crippen molar-refractivity contribution in [1.82, 2.24) is 18.8 Å². The van der Waals surface area contributed by atoms with Gasteiger partial charge in [-0.05, 0) is 37.1 Å². The van der Waals surface area contributed by atoms with Crippen molar-refractivity contribution in [3.8, 4) is 5.69 Å². The molecule has 0 unspecified atom stereocenters. The molecule has 1 N–H and O–H groups in total. The minimum absolute atomic E-state index is 0.0182. The van der Waals surface area contributed by atoms with E-state index in [0.29, 0.717) is 25.9 Å². The van der Waals surface area contributed by atoms with Gasteiger partial charge in [0.1, 0.15) is 0 Å². The largest absolute Gasteiger partial charge is 0.351 e. The first-order chi connectivity index (χ1) is 16.3. The van der Waals surface area contributed by atoms with Gasteiger partial charge in [0.15, 0.2) is 5.65 Å². The van der Waals surface area contributed by atoms with Crippen molar-refractivity contribution in [3.05, 3.63) is 52.4 Å². The number of anilines is 1. The maximum atomic E-state index is 13.6. The van der Waals surface area contributed by atoms with Crippen molar-refractivity contribution in [2.24, 2.45) is 0 Å². The summed E-state index contributed by atoms with van der Waals surface area (Å²) < 4.78 is 76.4. The molecule has 3 aromatic rings. The first kappa shape index (κ1) is 25.4. The third-order valence-corrected chi connectivity index (χ3v) is 8.27. The molecule has 0 saturated carbocycles. The third kappa shape index (κ3) is 5.44. The molecule has 1 saturated heterocycles. The Hall–Kier alpha value is -2.68. The van der Waals surface area contributed by atoms with E-state index in [1.54, 1.807) is 0 Å². The Kier molecular flexibility index (Phi) is 6.83. The van der Waals surface area contributed by atoms with Crippen molar-refractivity contribution >= 4 is 46.7 Å². The van der Waals surface area contributed by atoms with Crippen LogP contribution in [0.1, 0.15) is 24.8 Å². The molecule has 188 valence electrons. The van der Waals surface area contributed by atoms with Gasteiger partial charge >= 0.3 is 0 Å². The number of sulfonamides is 1. The predicted octanol–water partition coefficient (Wildman–Crippen LogP) is 2.48. The normalized spacial score (nSPS) is 16.1. The molecule has 10 nitrogen and oxygen atoms in total. The number of rotatable bonds is 6. The molecule has 0 atom stereocenters. The Morgan fingerprint density at radius 3 is 2.43 bits per heavy atom. The highest BCUT2D eigenvalue weighted by atomic mass is 35.7. The molecule has 1 aliphatic rings. The molecule has 35 heavy (non-hydrogen) atoms. The van der Waals surface area contributed by atoms with Gasteiger partial charge in [-0.15, -0.1) is 0 Å². The maximum absolute atomic E-state index is 13.6. The summed E-state index contributed by atoms with van der Waals surface area (Å²) in [5.74, 6) is 0.106. The first-order valence-electron chi connectivity index (χ1n) is 10.3. The second-order valence-electron chi connectivity index (χ2n) is 8.03. The summed E-state index contributed by atoms with van der Waals surface area (Å²) >= 11 is 0. The number of piperidine rings is 1. The molecule has 15 heteroatoms. The van der Waals surface area contributed by atoms with Crippen LogP contribution in [0.5, 0.6) is 0 Å². The minimum atomic E-state index is -4.15. The highest BCUT2D eigenvalue weighted by Crippen LogP contribution is 2.25. The van der Waals surface area contributed by atoms with Crippen molar-refractivity contribution in [1.29, 1.82) is 0 Å². The highest BCUT2D eigenvalue weighted by molar-refractivity contribution is 8.13. The van der Waals surface area contributed by atoms with Gasteiger partial charge in [0.2, 0.25) is 16.0 Å². The molecule has 0 radical (unpaired) electrons. The lowest BCUT2D eigenvalue weighted by molar-refractivity contribution is 0.149. The second-order valence-corrected chi connectivity index (χ2v) is 12.6. The van der Waals surface area contributed by atoms with E-state index in [4.69, 9.17) is 10.7 Å². The fraction of sp³-hybridized carbons (Fsp3) is 0.350. The number of hydrogen-bond donors (Lipinski definition) is 1. The van der Waals surface area contributed by atoms with E-state index >= 15 is 0 Å². The zero-order valence-corrected chi connectivity index (χ0v) is 20.6. The van der Waals surface area contributed by atoms with Gasteiger partial charge in [0.25, 0.3) is 21.0 Å². The lowest BCUT2D eigenvalue weighted by Crippen LogP contribution is -2.42. The Labute approximate surface area is 204 Å². The van der Waals surface area contributed by atoms with E-state index in [1.165, 1.54) is 28.7 Å². The Morgan fingerprint density at radius 1 is 1.14 bits per heavy atom. The number of nitrogens with one attached hydrogen (secondary N) is 1. The van der Waals surface area contributed by atoms with Gasteiger partial charge < -0.3 is 5.32 Å². The molecule has 1 aliphatic heterocycles. The van der Waals surface area contributed by atoms with E-state index in [-0.39, 0.29) is 33.6 Å². The molecule has 0 bridgehead atoms. The van der Waals surface area contributed by atoms with Gasteiger partial charge in [-0.25, -0.2) is 34.9 Å². The first-order valence-corrected chi connectivity index (χ1v) is 14.5. The van der Waals surface area contributed by atoms with Crippen molar-refractivity contribution < 1.29 is 25.6 Å². The average molecular weight is 548 g/mol. The summed E-state index contributed by atoms with van der Waals surface area (Å²) in [5, 5.41) is 3.23. The van der Waals surface area contributed by atoms with Gasteiger partial charge in [0.05, 0.1) is 22.4 Å². The van der Waals surface area contributed by atoms with Crippen LogP contribution in [0.3, 0.4) is 0 Å². The number of halogens is 3. The number of hydrogen-bond acceptors (Lipinski definition) is 8. The molecule has 0 amide bonds. The molecule has 2 aromatic heterocycles. The number of nitrogens with zero attached hydrogens (tertiary/aromatic N) is 4. The van der Waals surface area contributed by atoms with Crippen LogP contribution in [0.4, 0.5) is 14.7 Å². The van der Waals surface area contributed by atoms with Gasteiger partial charge in [-0.1, -0.05) is 6.07 Å². The van der Waals surface area contributed by atoms with Crippen LogP contribution in [0, 0.1) is 0 Å². The van der Waals surface area contributed by atoms with Gasteiger partial charge in [-0.2, -0.15) is 4.98 Å². The fourth-order valence-corrected chi connectivity index (χ4v) is 5.54. The summed E-state index contributed by atoms with van der Waals surface area (Å²) in [5.41, 5.74) is -1.90. The highest BCUT2D eigenvalue weighted by Gasteiger charge is 2.26. The number of fused-ring (bicyclic) bond motifs is 1.